The Bertz CT molecular complexity index is 1280. The molecule has 1 amide bonds. The lowest BCUT2D eigenvalue weighted by Gasteiger charge is -2.21. The number of aliphatic hydroxyl groups is 1. The summed E-state index contributed by atoms with van der Waals surface area (Å²) in [6.45, 7) is 4.43. The number of rotatable bonds is 13. The number of carbonyl (C=O) groups is 3. The summed E-state index contributed by atoms with van der Waals surface area (Å²) in [4.78, 5) is 39.5. The van der Waals surface area contributed by atoms with Crippen molar-refractivity contribution in [2.24, 2.45) is 5.92 Å². The molecule has 2 aromatic carbocycles. The zero-order valence-corrected chi connectivity index (χ0v) is 22.2. The fourth-order valence-corrected chi connectivity index (χ4v) is 4.75. The van der Waals surface area contributed by atoms with E-state index in [1.165, 1.54) is 7.11 Å². The quantitative estimate of drug-likeness (QED) is 0.241. The number of ether oxygens (including phenoxy) is 2. The number of amides is 1. The number of methoxy groups -OCH3 is 2. The lowest BCUT2D eigenvalue weighted by atomic mass is 9.85. The van der Waals surface area contributed by atoms with Crippen LogP contribution in [0.25, 0.3) is 10.9 Å². The number of hydrogen-bond donors (Lipinski definition) is 4. The van der Waals surface area contributed by atoms with E-state index < -0.39 is 29.9 Å². The Balaban J connectivity index is 2.02. The van der Waals surface area contributed by atoms with E-state index in [0.29, 0.717) is 23.4 Å². The van der Waals surface area contributed by atoms with Crippen molar-refractivity contribution in [3.8, 4) is 5.75 Å². The SMILES string of the molecule is CCCNC(=O)CC(C(=O)O)C(O)c1ccc2[nH]cc(C(CCC)c3ccc(C(=O)OC)cc3OC)c2c1. The fraction of sp³-hybridized carbons (Fsp3) is 0.414. The van der Waals surface area contributed by atoms with E-state index in [4.69, 9.17) is 9.47 Å². The molecule has 1 aromatic heterocycles. The molecule has 3 atom stereocenters. The Morgan fingerprint density at radius 2 is 1.79 bits per heavy atom. The number of H-pyrrole nitrogens is 1. The highest BCUT2D eigenvalue weighted by Gasteiger charge is 2.31. The molecule has 0 saturated heterocycles. The molecular formula is C29H36N2O7. The number of benzene rings is 2. The van der Waals surface area contributed by atoms with Crippen molar-refractivity contribution in [3.05, 3.63) is 64.8 Å². The normalized spacial score (nSPS) is 13.5. The van der Waals surface area contributed by atoms with Crippen LogP contribution in [0.5, 0.6) is 5.75 Å². The number of aromatic amines is 1. The van der Waals surface area contributed by atoms with Crippen LogP contribution in [-0.2, 0) is 14.3 Å². The summed E-state index contributed by atoms with van der Waals surface area (Å²) in [6, 6.07) is 10.5. The van der Waals surface area contributed by atoms with E-state index in [1.54, 1.807) is 37.4 Å². The van der Waals surface area contributed by atoms with Gasteiger partial charge in [0.2, 0.25) is 5.91 Å². The molecule has 3 aromatic rings. The molecule has 3 rings (SSSR count). The minimum absolute atomic E-state index is 0.0992. The van der Waals surface area contributed by atoms with E-state index in [0.717, 1.165) is 41.3 Å². The molecule has 3 unspecified atom stereocenters. The summed E-state index contributed by atoms with van der Waals surface area (Å²) >= 11 is 0. The third-order valence-electron chi connectivity index (χ3n) is 6.74. The zero-order valence-electron chi connectivity index (χ0n) is 22.2. The zero-order chi connectivity index (χ0) is 27.8. The van der Waals surface area contributed by atoms with Gasteiger partial charge in [0.1, 0.15) is 5.75 Å². The molecule has 0 bridgehead atoms. The number of aliphatic hydroxyl groups excluding tert-OH is 1. The maximum Gasteiger partial charge on any atom is 0.337 e. The van der Waals surface area contributed by atoms with Gasteiger partial charge in [0.05, 0.1) is 31.8 Å². The molecule has 9 nitrogen and oxygen atoms in total. The highest BCUT2D eigenvalue weighted by Crippen LogP contribution is 2.40. The van der Waals surface area contributed by atoms with Crippen molar-refractivity contribution in [2.75, 3.05) is 20.8 Å². The topological polar surface area (TPSA) is 138 Å². The van der Waals surface area contributed by atoms with E-state index in [2.05, 4.69) is 17.2 Å². The largest absolute Gasteiger partial charge is 0.496 e. The molecule has 0 aliphatic heterocycles. The van der Waals surface area contributed by atoms with Crippen LogP contribution >= 0.6 is 0 Å². The van der Waals surface area contributed by atoms with Gasteiger partial charge in [-0.15, -0.1) is 0 Å². The monoisotopic (exact) mass is 524 g/mol. The molecule has 4 N–H and O–H groups in total. The van der Waals surface area contributed by atoms with Gasteiger partial charge in [0, 0.05) is 41.5 Å². The van der Waals surface area contributed by atoms with Crippen LogP contribution in [0.1, 0.15) is 78.6 Å². The van der Waals surface area contributed by atoms with Crippen molar-refractivity contribution in [3.63, 3.8) is 0 Å². The van der Waals surface area contributed by atoms with Gasteiger partial charge in [-0.25, -0.2) is 4.79 Å². The first kappa shape index (κ1) is 28.7. The summed E-state index contributed by atoms with van der Waals surface area (Å²) < 4.78 is 10.5. The fourth-order valence-electron chi connectivity index (χ4n) is 4.75. The maximum atomic E-state index is 12.2. The van der Waals surface area contributed by atoms with E-state index in [-0.39, 0.29) is 12.3 Å². The number of aromatic nitrogens is 1. The molecule has 204 valence electrons. The van der Waals surface area contributed by atoms with Gasteiger partial charge in [-0.2, -0.15) is 0 Å². The molecule has 0 saturated carbocycles. The van der Waals surface area contributed by atoms with Gasteiger partial charge < -0.3 is 30.0 Å². The smallest absolute Gasteiger partial charge is 0.337 e. The van der Waals surface area contributed by atoms with Crippen LogP contribution in [0.15, 0.2) is 42.6 Å². The lowest BCUT2D eigenvalue weighted by Crippen LogP contribution is -2.31. The number of carbonyl (C=O) groups excluding carboxylic acids is 2. The van der Waals surface area contributed by atoms with Gasteiger partial charge >= 0.3 is 11.9 Å². The molecule has 1 heterocycles. The van der Waals surface area contributed by atoms with E-state index in [9.17, 15) is 24.6 Å². The molecule has 0 fully saturated rings. The summed E-state index contributed by atoms with van der Waals surface area (Å²) in [5.41, 5.74) is 3.47. The van der Waals surface area contributed by atoms with Gasteiger partial charge in [-0.3, -0.25) is 9.59 Å². The van der Waals surface area contributed by atoms with Gasteiger partial charge in [-0.1, -0.05) is 32.4 Å². The van der Waals surface area contributed by atoms with E-state index >= 15 is 0 Å². The van der Waals surface area contributed by atoms with Crippen molar-refractivity contribution < 1.29 is 34.1 Å². The minimum atomic E-state index is -1.37. The molecule has 0 aliphatic rings. The van der Waals surface area contributed by atoms with Gasteiger partial charge in [0.25, 0.3) is 0 Å². The second-order valence-corrected chi connectivity index (χ2v) is 9.28. The summed E-state index contributed by atoms with van der Waals surface area (Å²) in [7, 11) is 2.88. The molecule has 0 spiro atoms. The number of esters is 1. The van der Waals surface area contributed by atoms with Gasteiger partial charge in [0.15, 0.2) is 0 Å². The van der Waals surface area contributed by atoms with E-state index in [1.807, 2.05) is 19.2 Å². The summed E-state index contributed by atoms with van der Waals surface area (Å²) in [6.07, 6.45) is 2.59. The first-order valence-corrected chi connectivity index (χ1v) is 12.8. The minimum Gasteiger partial charge on any atom is -0.496 e. The highest BCUT2D eigenvalue weighted by molar-refractivity contribution is 5.90. The van der Waals surface area contributed by atoms with Crippen LogP contribution < -0.4 is 10.1 Å². The molecule has 0 radical (unpaired) electrons. The van der Waals surface area contributed by atoms with Crippen LogP contribution in [0, 0.1) is 5.92 Å². The predicted molar refractivity (Wildman–Crippen MR) is 143 cm³/mol. The Hall–Kier alpha value is -3.85. The number of aliphatic carboxylic acids is 1. The predicted octanol–water partition coefficient (Wildman–Crippen LogP) is 4.55. The number of carboxylic acids is 1. The first-order valence-electron chi connectivity index (χ1n) is 12.8. The van der Waals surface area contributed by atoms with Crippen LogP contribution in [0.4, 0.5) is 0 Å². The molecule has 38 heavy (non-hydrogen) atoms. The average molecular weight is 525 g/mol. The third-order valence-corrected chi connectivity index (χ3v) is 6.74. The molecule has 9 heteroatoms. The average Bonchev–Trinajstić information content (AvgIpc) is 3.35. The second-order valence-electron chi connectivity index (χ2n) is 9.28. The van der Waals surface area contributed by atoms with Gasteiger partial charge in [-0.05, 0) is 48.2 Å². The number of fused-ring (bicyclic) bond motifs is 1. The Kier molecular flexibility index (Phi) is 9.90. The Labute approximate surface area is 222 Å². The number of hydrogen-bond acceptors (Lipinski definition) is 6. The molecule has 0 aliphatic carbocycles. The standard InChI is InChI=1S/C29H36N2O7/c1-5-7-19(20-10-8-18(29(36)38-4)14-25(20)37-3)23-16-31-24-11-9-17(13-21(23)24)27(33)22(28(34)35)15-26(32)30-12-6-2/h8-11,13-14,16,19,22,27,31,33H,5-7,12,15H2,1-4H3,(H,30,32)(H,34,35). The first-order chi connectivity index (χ1) is 18.2. The Morgan fingerprint density at radius 1 is 1.03 bits per heavy atom. The van der Waals surface area contributed by atoms with Crippen LogP contribution in [0.3, 0.4) is 0 Å². The lowest BCUT2D eigenvalue weighted by molar-refractivity contribution is -0.148. The van der Waals surface area contributed by atoms with Crippen molar-refractivity contribution in [1.29, 1.82) is 0 Å². The Morgan fingerprint density at radius 3 is 2.42 bits per heavy atom. The summed E-state index contributed by atoms with van der Waals surface area (Å²) in [5, 5.41) is 24.3. The second kappa shape index (κ2) is 13.1. The maximum absolute atomic E-state index is 12.2. The van der Waals surface area contributed by atoms with Crippen LogP contribution in [0.2, 0.25) is 0 Å². The molecular weight excluding hydrogens is 488 g/mol. The summed E-state index contributed by atoms with van der Waals surface area (Å²) in [5.74, 6) is -2.93. The third kappa shape index (κ3) is 6.34. The van der Waals surface area contributed by atoms with Crippen molar-refractivity contribution in [2.45, 2.75) is 51.6 Å². The van der Waals surface area contributed by atoms with Crippen molar-refractivity contribution in [1.82, 2.24) is 10.3 Å². The van der Waals surface area contributed by atoms with Crippen molar-refractivity contribution >= 4 is 28.7 Å². The van der Waals surface area contributed by atoms with Crippen LogP contribution in [-0.4, -0.2) is 53.8 Å². The highest BCUT2D eigenvalue weighted by atomic mass is 16.5. The number of carboxylic acid groups (broad SMARTS) is 1. The number of nitrogens with one attached hydrogen (secondary N) is 2.